The molecule has 2 heterocycles. The highest BCUT2D eigenvalue weighted by Crippen LogP contribution is 2.20. The summed E-state index contributed by atoms with van der Waals surface area (Å²) in [4.78, 5) is 27.4. The van der Waals surface area contributed by atoms with Gasteiger partial charge in [0.1, 0.15) is 23.0 Å². The van der Waals surface area contributed by atoms with Gasteiger partial charge in [0.05, 0.1) is 24.2 Å². The average molecular weight is 365 g/mol. The highest BCUT2D eigenvalue weighted by molar-refractivity contribution is 6.03. The third kappa shape index (κ3) is 4.19. The van der Waals surface area contributed by atoms with Gasteiger partial charge in [-0.3, -0.25) is 9.59 Å². The van der Waals surface area contributed by atoms with Gasteiger partial charge in [-0.05, 0) is 52.0 Å². The molecule has 0 fully saturated rings. The van der Waals surface area contributed by atoms with Gasteiger partial charge in [-0.15, -0.1) is 0 Å². The fourth-order valence-electron chi connectivity index (χ4n) is 3.21. The maximum Gasteiger partial charge on any atom is 0.185 e. The largest absolute Gasteiger partial charge is 0.466 e. The fourth-order valence-corrected chi connectivity index (χ4v) is 3.21. The number of carbonyl (C=O) groups excluding carboxylic acids is 2. The summed E-state index contributed by atoms with van der Waals surface area (Å²) in [5.41, 5.74) is 1.92. The number of rotatable bonds is 7. The topological polar surface area (TPSA) is 63.7 Å². The first-order valence-corrected chi connectivity index (χ1v) is 8.85. The summed E-state index contributed by atoms with van der Waals surface area (Å²) >= 11 is 0. The lowest BCUT2D eigenvalue weighted by atomic mass is 10.1. The summed E-state index contributed by atoms with van der Waals surface area (Å²) in [6.45, 7) is 7.35. The van der Waals surface area contributed by atoms with E-state index in [2.05, 4.69) is 0 Å². The zero-order valence-electron chi connectivity index (χ0n) is 16.0. The van der Waals surface area contributed by atoms with Crippen LogP contribution in [0.5, 0.6) is 0 Å². The van der Waals surface area contributed by atoms with E-state index in [9.17, 15) is 9.59 Å². The van der Waals surface area contributed by atoms with E-state index in [1.165, 1.54) is 0 Å². The number of para-hydroxylation sites is 1. The van der Waals surface area contributed by atoms with Gasteiger partial charge in [-0.1, -0.05) is 18.2 Å². The van der Waals surface area contributed by atoms with Crippen LogP contribution in [0, 0.1) is 27.7 Å². The van der Waals surface area contributed by atoms with Gasteiger partial charge in [0, 0.05) is 5.69 Å². The molecule has 0 aliphatic carbocycles. The highest BCUT2D eigenvalue weighted by atomic mass is 16.3. The molecule has 0 spiro atoms. The number of furan rings is 2. The lowest BCUT2D eigenvalue weighted by molar-refractivity contribution is 0.0983. The first kappa shape index (κ1) is 18.7. The van der Waals surface area contributed by atoms with Crippen LogP contribution in [0.15, 0.2) is 51.3 Å². The van der Waals surface area contributed by atoms with Gasteiger partial charge in [-0.25, -0.2) is 0 Å². The Morgan fingerprint density at radius 2 is 1.22 bits per heavy atom. The van der Waals surface area contributed by atoms with Crippen molar-refractivity contribution in [2.24, 2.45) is 0 Å². The van der Waals surface area contributed by atoms with Gasteiger partial charge >= 0.3 is 0 Å². The van der Waals surface area contributed by atoms with E-state index in [1.54, 1.807) is 30.9 Å². The third-order valence-corrected chi connectivity index (χ3v) is 4.47. The minimum Gasteiger partial charge on any atom is -0.466 e. The Bertz CT molecular complexity index is 905. The van der Waals surface area contributed by atoms with Crippen LogP contribution in [0.25, 0.3) is 0 Å². The monoisotopic (exact) mass is 365 g/mol. The van der Waals surface area contributed by atoms with E-state index >= 15 is 0 Å². The molecule has 0 saturated carbocycles. The zero-order valence-corrected chi connectivity index (χ0v) is 16.0. The summed E-state index contributed by atoms with van der Waals surface area (Å²) in [6.07, 6.45) is 0. The van der Waals surface area contributed by atoms with Crippen molar-refractivity contribution in [1.29, 1.82) is 0 Å². The normalized spacial score (nSPS) is 10.8. The minimum atomic E-state index is -0.0823. The fraction of sp³-hybridized carbons (Fsp3) is 0.273. The molecule has 140 valence electrons. The molecule has 1 aromatic carbocycles. The van der Waals surface area contributed by atoms with Crippen LogP contribution in [0.2, 0.25) is 0 Å². The van der Waals surface area contributed by atoms with E-state index < -0.39 is 0 Å². The number of Topliss-reactive ketones (excluding diaryl/α,β-unsaturated/α-hetero) is 2. The molecular formula is C22H23NO4. The predicted octanol–water partition coefficient (Wildman–Crippen LogP) is 4.68. The number of hydrogen-bond donors (Lipinski definition) is 0. The Labute approximate surface area is 158 Å². The van der Waals surface area contributed by atoms with Crippen LogP contribution in [0.1, 0.15) is 43.8 Å². The summed E-state index contributed by atoms with van der Waals surface area (Å²) in [7, 11) is 0. The first-order chi connectivity index (χ1) is 12.8. The Kier molecular flexibility index (Phi) is 5.31. The summed E-state index contributed by atoms with van der Waals surface area (Å²) in [6, 6.07) is 12.9. The smallest absolute Gasteiger partial charge is 0.185 e. The Morgan fingerprint density at radius 3 is 1.59 bits per heavy atom. The van der Waals surface area contributed by atoms with E-state index in [-0.39, 0.29) is 24.7 Å². The van der Waals surface area contributed by atoms with Gasteiger partial charge in [-0.2, -0.15) is 0 Å². The van der Waals surface area contributed by atoms with Crippen molar-refractivity contribution in [3.8, 4) is 0 Å². The molecule has 0 aliphatic heterocycles. The van der Waals surface area contributed by atoms with Crippen molar-refractivity contribution >= 4 is 17.3 Å². The number of hydrogen-bond acceptors (Lipinski definition) is 5. The Hall–Kier alpha value is -3.08. The van der Waals surface area contributed by atoms with E-state index in [0.717, 1.165) is 5.69 Å². The first-order valence-electron chi connectivity index (χ1n) is 8.85. The second-order valence-corrected chi connectivity index (χ2v) is 6.69. The van der Waals surface area contributed by atoms with Gasteiger partial charge < -0.3 is 13.7 Å². The Balaban J connectivity index is 1.85. The predicted molar refractivity (Wildman–Crippen MR) is 104 cm³/mol. The second-order valence-electron chi connectivity index (χ2n) is 6.69. The van der Waals surface area contributed by atoms with Crippen molar-refractivity contribution < 1.29 is 18.4 Å². The van der Waals surface area contributed by atoms with Crippen molar-refractivity contribution in [1.82, 2.24) is 0 Å². The van der Waals surface area contributed by atoms with E-state index in [0.29, 0.717) is 34.2 Å². The molecule has 0 aliphatic rings. The molecule has 5 nitrogen and oxygen atoms in total. The van der Waals surface area contributed by atoms with Gasteiger partial charge in [0.15, 0.2) is 11.6 Å². The molecule has 3 aromatic rings. The van der Waals surface area contributed by atoms with Crippen LogP contribution < -0.4 is 4.90 Å². The number of benzene rings is 1. The van der Waals surface area contributed by atoms with Gasteiger partial charge in [0.2, 0.25) is 0 Å². The summed E-state index contributed by atoms with van der Waals surface area (Å²) in [5.74, 6) is 2.42. The highest BCUT2D eigenvalue weighted by Gasteiger charge is 2.22. The lowest BCUT2D eigenvalue weighted by Crippen LogP contribution is -2.35. The molecule has 0 N–H and O–H groups in total. The third-order valence-electron chi connectivity index (χ3n) is 4.47. The quantitative estimate of drug-likeness (QED) is 0.569. The van der Waals surface area contributed by atoms with E-state index in [4.69, 9.17) is 8.83 Å². The molecule has 0 saturated heterocycles. The molecule has 3 rings (SSSR count). The van der Waals surface area contributed by atoms with Crippen LogP contribution in [-0.4, -0.2) is 24.7 Å². The molecule has 0 radical (unpaired) electrons. The molecule has 0 unspecified atom stereocenters. The maximum atomic E-state index is 12.8. The number of carbonyl (C=O) groups is 2. The lowest BCUT2D eigenvalue weighted by Gasteiger charge is -2.23. The maximum absolute atomic E-state index is 12.8. The molecule has 5 heteroatoms. The number of aryl methyl sites for hydroxylation is 4. The van der Waals surface area contributed by atoms with Crippen molar-refractivity contribution in [3.63, 3.8) is 0 Å². The molecule has 27 heavy (non-hydrogen) atoms. The van der Waals surface area contributed by atoms with Crippen LogP contribution >= 0.6 is 0 Å². The molecule has 0 bridgehead atoms. The second kappa shape index (κ2) is 7.66. The standard InChI is InChI=1S/C22H23NO4/c1-14-10-19(16(3)26-14)21(24)12-23(18-8-6-5-7-9-18)13-22(25)20-11-15(2)27-17(20)4/h5-11H,12-13H2,1-4H3. The summed E-state index contributed by atoms with van der Waals surface area (Å²) < 4.78 is 10.9. The molecule has 0 amide bonds. The van der Waals surface area contributed by atoms with Crippen LogP contribution in [-0.2, 0) is 0 Å². The minimum absolute atomic E-state index is 0.0823. The summed E-state index contributed by atoms with van der Waals surface area (Å²) in [5, 5.41) is 0. The van der Waals surface area contributed by atoms with E-state index in [1.807, 2.05) is 44.2 Å². The molecular weight excluding hydrogens is 342 g/mol. The number of ketones is 2. The average Bonchev–Trinajstić information content (AvgIpc) is 3.15. The van der Waals surface area contributed by atoms with Crippen molar-refractivity contribution in [3.05, 3.63) is 76.6 Å². The van der Waals surface area contributed by atoms with Gasteiger partial charge in [0.25, 0.3) is 0 Å². The van der Waals surface area contributed by atoms with Crippen LogP contribution in [0.4, 0.5) is 5.69 Å². The SMILES string of the molecule is Cc1cc(C(=O)CN(CC(=O)c2cc(C)oc2C)c2ccccc2)c(C)o1. The number of anilines is 1. The number of nitrogens with zero attached hydrogens (tertiary/aromatic N) is 1. The van der Waals surface area contributed by atoms with Crippen molar-refractivity contribution in [2.45, 2.75) is 27.7 Å². The van der Waals surface area contributed by atoms with Crippen molar-refractivity contribution in [2.75, 3.05) is 18.0 Å². The molecule has 0 atom stereocenters. The Morgan fingerprint density at radius 1 is 0.778 bits per heavy atom. The van der Waals surface area contributed by atoms with Crippen LogP contribution in [0.3, 0.4) is 0 Å². The zero-order chi connectivity index (χ0) is 19.6. The molecule has 2 aromatic heterocycles.